The maximum Gasteiger partial charge on any atom is 0.246 e. The Morgan fingerprint density at radius 2 is 2.06 bits per heavy atom. The molecule has 1 amide bonds. The largest absolute Gasteiger partial charge is 0.356 e. The van der Waals surface area contributed by atoms with Gasteiger partial charge in [-0.1, -0.05) is 12.6 Å². The van der Waals surface area contributed by atoms with Gasteiger partial charge in [0.05, 0.1) is 0 Å². The van der Waals surface area contributed by atoms with E-state index in [-0.39, 0.29) is 21.7 Å². The molecule has 0 radical (unpaired) electrons. The van der Waals surface area contributed by atoms with Gasteiger partial charge in [-0.25, -0.2) is 0 Å². The summed E-state index contributed by atoms with van der Waals surface area (Å²) >= 11 is 0. The van der Waals surface area contributed by atoms with Gasteiger partial charge in [-0.15, -0.1) is 0 Å². The van der Waals surface area contributed by atoms with Crippen molar-refractivity contribution in [2.75, 3.05) is 20.8 Å². The van der Waals surface area contributed by atoms with Crippen LogP contribution in [0, 0.1) is 0 Å². The van der Waals surface area contributed by atoms with Crippen molar-refractivity contribution < 1.29 is 14.3 Å². The third kappa shape index (κ3) is 7.61. The van der Waals surface area contributed by atoms with Crippen LogP contribution in [0.2, 0.25) is 12.1 Å². The van der Waals surface area contributed by atoms with E-state index in [4.69, 9.17) is 9.47 Å². The highest BCUT2D eigenvalue weighted by Gasteiger charge is 2.04. The molecular weight excluding hydrogens is 222 g/mol. The molecule has 0 aliphatic rings. The predicted octanol–water partition coefficient (Wildman–Crippen LogP) is 0.693. The Morgan fingerprint density at radius 3 is 2.56 bits per heavy atom. The van der Waals surface area contributed by atoms with Gasteiger partial charge in [0, 0.05) is 35.9 Å². The van der Waals surface area contributed by atoms with Crippen LogP contribution in [0.3, 0.4) is 0 Å². The van der Waals surface area contributed by atoms with Crippen molar-refractivity contribution in [3.05, 3.63) is 12.2 Å². The van der Waals surface area contributed by atoms with Crippen LogP contribution in [-0.2, 0) is 14.3 Å². The molecule has 0 saturated carbocycles. The van der Waals surface area contributed by atoms with E-state index >= 15 is 0 Å². The first-order valence-electron chi connectivity index (χ1n) is 5.61. The lowest BCUT2D eigenvalue weighted by Gasteiger charge is -2.12. The fourth-order valence-electron chi connectivity index (χ4n) is 1.30. The van der Waals surface area contributed by atoms with Crippen LogP contribution in [0.1, 0.15) is 13.3 Å². The number of carbonyl (C=O) groups is 1. The number of hydrogen-bond acceptors (Lipinski definition) is 3. The maximum atomic E-state index is 11.1. The van der Waals surface area contributed by atoms with Crippen LogP contribution >= 0.6 is 0 Å². The van der Waals surface area contributed by atoms with Gasteiger partial charge >= 0.3 is 0 Å². The second kappa shape index (κ2) is 9.56. The molecule has 0 fully saturated rings. The fourth-order valence-corrected chi connectivity index (χ4v) is 2.99. The van der Waals surface area contributed by atoms with E-state index in [2.05, 4.69) is 11.9 Å². The van der Waals surface area contributed by atoms with Crippen LogP contribution in [0.4, 0.5) is 0 Å². The van der Waals surface area contributed by atoms with E-state index < -0.39 is 0 Å². The molecule has 1 N–H and O–H groups in total. The molecule has 5 heteroatoms. The molecule has 94 valence electrons. The van der Waals surface area contributed by atoms with Gasteiger partial charge in [-0.05, 0) is 19.4 Å². The minimum absolute atomic E-state index is 0.0447. The second-order valence-electron chi connectivity index (χ2n) is 3.79. The topological polar surface area (TPSA) is 47.6 Å². The molecular formula is C11H23NO3Si. The molecule has 0 aromatic heterocycles. The molecule has 0 spiro atoms. The molecule has 0 heterocycles. The Bertz CT molecular complexity index is 217. The summed E-state index contributed by atoms with van der Waals surface area (Å²) in [7, 11) is 3.18. The SMILES string of the molecule is C=C(C)C(=O)NCCC[SiH2]CC(OC)OC. The molecule has 0 aliphatic carbocycles. The quantitative estimate of drug-likeness (QED) is 0.281. The number of rotatable bonds is 9. The van der Waals surface area contributed by atoms with E-state index in [1.54, 1.807) is 21.1 Å². The molecule has 0 aromatic rings. The number of nitrogens with one attached hydrogen (secondary N) is 1. The zero-order valence-corrected chi connectivity index (χ0v) is 12.0. The summed E-state index contributed by atoms with van der Waals surface area (Å²) in [5.41, 5.74) is 0.566. The number of hydrogen-bond donors (Lipinski definition) is 1. The van der Waals surface area contributed by atoms with Crippen molar-refractivity contribution in [1.82, 2.24) is 5.32 Å². The third-order valence-corrected chi connectivity index (χ3v) is 4.20. The first-order chi connectivity index (χ1) is 7.61. The Morgan fingerprint density at radius 1 is 1.44 bits per heavy atom. The lowest BCUT2D eigenvalue weighted by molar-refractivity contribution is -0.117. The third-order valence-electron chi connectivity index (χ3n) is 2.32. The van der Waals surface area contributed by atoms with Crippen LogP contribution in [0.5, 0.6) is 0 Å². The maximum absolute atomic E-state index is 11.1. The summed E-state index contributed by atoms with van der Waals surface area (Å²) in [6.45, 7) is 6.03. The van der Waals surface area contributed by atoms with E-state index in [1.807, 2.05) is 0 Å². The minimum atomic E-state index is -0.146. The smallest absolute Gasteiger partial charge is 0.246 e. The highest BCUT2D eigenvalue weighted by atomic mass is 28.2. The van der Waals surface area contributed by atoms with Crippen molar-refractivity contribution in [2.45, 2.75) is 31.7 Å². The van der Waals surface area contributed by atoms with E-state index in [9.17, 15) is 4.79 Å². The number of carbonyl (C=O) groups excluding carboxylic acids is 1. The van der Waals surface area contributed by atoms with Crippen molar-refractivity contribution in [3.8, 4) is 0 Å². The minimum Gasteiger partial charge on any atom is -0.356 e. The van der Waals surface area contributed by atoms with E-state index in [0.29, 0.717) is 5.57 Å². The van der Waals surface area contributed by atoms with Gasteiger partial charge in [-0.2, -0.15) is 0 Å². The Balaban J connectivity index is 3.34. The van der Waals surface area contributed by atoms with Crippen LogP contribution in [0.15, 0.2) is 12.2 Å². The summed E-state index contributed by atoms with van der Waals surface area (Å²) in [4.78, 5) is 11.1. The van der Waals surface area contributed by atoms with Crippen LogP contribution in [-0.4, -0.2) is 42.5 Å². The summed E-state index contributed by atoms with van der Waals surface area (Å²) < 4.78 is 10.2. The summed E-state index contributed by atoms with van der Waals surface area (Å²) in [5.74, 6) is -0.0478. The summed E-state index contributed by atoms with van der Waals surface area (Å²) in [6, 6.07) is 2.22. The fraction of sp³-hybridized carbons (Fsp3) is 0.727. The van der Waals surface area contributed by atoms with Crippen molar-refractivity contribution >= 4 is 15.4 Å². The molecule has 0 aliphatic heterocycles. The lowest BCUT2D eigenvalue weighted by Crippen LogP contribution is -2.25. The molecule has 0 bridgehead atoms. The zero-order chi connectivity index (χ0) is 12.4. The average molecular weight is 245 g/mol. The Hall–Kier alpha value is -0.653. The van der Waals surface area contributed by atoms with Crippen molar-refractivity contribution in [3.63, 3.8) is 0 Å². The first kappa shape index (κ1) is 15.3. The van der Waals surface area contributed by atoms with Crippen LogP contribution in [0.25, 0.3) is 0 Å². The molecule has 16 heavy (non-hydrogen) atoms. The van der Waals surface area contributed by atoms with Gasteiger partial charge in [-0.3, -0.25) is 4.79 Å². The average Bonchev–Trinajstić information content (AvgIpc) is 2.27. The van der Waals surface area contributed by atoms with Crippen LogP contribution < -0.4 is 5.32 Å². The van der Waals surface area contributed by atoms with Gasteiger partial charge in [0.15, 0.2) is 6.29 Å². The molecule has 0 unspecified atom stereocenters. The predicted molar refractivity (Wildman–Crippen MR) is 68.4 cm³/mol. The standard InChI is InChI=1S/C11H23NO3Si/c1-9(2)11(13)12-6-5-7-16-8-10(14-3)15-4/h10H,1,5-8,16H2,2-4H3,(H,12,13). The monoisotopic (exact) mass is 245 g/mol. The zero-order valence-electron chi connectivity index (χ0n) is 10.5. The van der Waals surface area contributed by atoms with Gasteiger partial charge in [0.25, 0.3) is 0 Å². The molecule has 4 nitrogen and oxygen atoms in total. The number of ether oxygens (including phenoxy) is 2. The van der Waals surface area contributed by atoms with E-state index in [0.717, 1.165) is 19.0 Å². The summed E-state index contributed by atoms with van der Waals surface area (Å²) in [5, 5.41) is 2.82. The Labute approximate surface area is 100 Å². The van der Waals surface area contributed by atoms with Gasteiger partial charge in [0.2, 0.25) is 5.91 Å². The number of methoxy groups -OCH3 is 2. The summed E-state index contributed by atoms with van der Waals surface area (Å²) in [6.07, 6.45) is 0.988. The molecule has 0 saturated heterocycles. The van der Waals surface area contributed by atoms with Gasteiger partial charge < -0.3 is 14.8 Å². The lowest BCUT2D eigenvalue weighted by atomic mass is 10.3. The van der Waals surface area contributed by atoms with Gasteiger partial charge in [0.1, 0.15) is 0 Å². The van der Waals surface area contributed by atoms with E-state index in [1.165, 1.54) is 6.04 Å². The van der Waals surface area contributed by atoms with Crippen molar-refractivity contribution in [2.24, 2.45) is 0 Å². The number of amides is 1. The molecule has 0 rings (SSSR count). The molecule has 0 atom stereocenters. The normalized spacial score (nSPS) is 11.2. The Kier molecular flexibility index (Phi) is 9.17. The second-order valence-corrected chi connectivity index (χ2v) is 5.78. The highest BCUT2D eigenvalue weighted by molar-refractivity contribution is 6.35. The highest BCUT2D eigenvalue weighted by Crippen LogP contribution is 2.00. The molecule has 0 aromatic carbocycles. The van der Waals surface area contributed by atoms with Crippen molar-refractivity contribution in [1.29, 1.82) is 0 Å². The first-order valence-corrected chi connectivity index (χ1v) is 7.61.